The number of hydrogen-bond donors (Lipinski definition) is 1. The topological polar surface area (TPSA) is 45.2 Å². The third-order valence-electron chi connectivity index (χ3n) is 4.67. The SMILES string of the molecule is CCCCCN(CC#CC#CC(C)(C)C)CCNC(=O)CSc1cccc2cccnc12. The predicted octanol–water partition coefficient (Wildman–Crippen LogP) is 4.99. The van der Waals surface area contributed by atoms with Crippen LogP contribution in [0.3, 0.4) is 0 Å². The van der Waals surface area contributed by atoms with Crippen LogP contribution in [0.1, 0.15) is 47.0 Å². The minimum absolute atomic E-state index is 0.0279. The number of nitrogens with zero attached hydrogens (tertiary/aromatic N) is 2. The molecule has 0 saturated carbocycles. The van der Waals surface area contributed by atoms with Crippen LogP contribution < -0.4 is 5.32 Å². The molecule has 2 rings (SSSR count). The molecule has 1 N–H and O–H groups in total. The Bertz CT molecular complexity index is 984. The molecule has 4 nitrogen and oxygen atoms in total. The third-order valence-corrected chi connectivity index (χ3v) is 5.72. The van der Waals surface area contributed by atoms with Crippen molar-refractivity contribution in [3.8, 4) is 23.7 Å². The second kappa shape index (κ2) is 13.8. The summed E-state index contributed by atoms with van der Waals surface area (Å²) in [7, 11) is 0. The van der Waals surface area contributed by atoms with Crippen molar-refractivity contribution in [3.63, 3.8) is 0 Å². The molecular weight excluding hydrogens is 414 g/mol. The lowest BCUT2D eigenvalue weighted by atomic mass is 9.98. The quantitative estimate of drug-likeness (QED) is 0.298. The van der Waals surface area contributed by atoms with Crippen LogP contribution in [-0.2, 0) is 4.79 Å². The molecule has 0 fully saturated rings. The van der Waals surface area contributed by atoms with Crippen LogP contribution in [0.25, 0.3) is 10.9 Å². The van der Waals surface area contributed by atoms with E-state index in [1.54, 1.807) is 6.20 Å². The summed E-state index contributed by atoms with van der Waals surface area (Å²) < 4.78 is 0. The van der Waals surface area contributed by atoms with Gasteiger partial charge in [0.15, 0.2) is 0 Å². The van der Waals surface area contributed by atoms with Crippen molar-refractivity contribution < 1.29 is 4.79 Å². The molecule has 0 atom stereocenters. The molecule has 170 valence electrons. The lowest BCUT2D eigenvalue weighted by Gasteiger charge is -2.19. The molecule has 0 aliphatic carbocycles. The van der Waals surface area contributed by atoms with Crippen molar-refractivity contribution in [2.24, 2.45) is 5.41 Å². The van der Waals surface area contributed by atoms with E-state index >= 15 is 0 Å². The van der Waals surface area contributed by atoms with Gasteiger partial charge in [-0.2, -0.15) is 0 Å². The molecule has 1 amide bonds. The van der Waals surface area contributed by atoms with Gasteiger partial charge in [0.05, 0.1) is 17.8 Å². The summed E-state index contributed by atoms with van der Waals surface area (Å²) in [6, 6.07) is 10.0. The average molecular weight is 450 g/mol. The van der Waals surface area contributed by atoms with Crippen LogP contribution >= 0.6 is 11.8 Å². The summed E-state index contributed by atoms with van der Waals surface area (Å²) in [6.45, 7) is 11.5. The summed E-state index contributed by atoms with van der Waals surface area (Å²) in [5.41, 5.74) is 0.919. The molecule has 0 saturated heterocycles. The molecule has 2 aromatic rings. The van der Waals surface area contributed by atoms with Gasteiger partial charge in [-0.1, -0.05) is 49.8 Å². The van der Waals surface area contributed by atoms with E-state index in [9.17, 15) is 4.79 Å². The van der Waals surface area contributed by atoms with Crippen LogP contribution in [-0.4, -0.2) is 47.7 Å². The number of fused-ring (bicyclic) bond motifs is 1. The first-order valence-corrected chi connectivity index (χ1v) is 12.3. The second-order valence-corrected chi connectivity index (χ2v) is 9.77. The van der Waals surface area contributed by atoms with E-state index in [-0.39, 0.29) is 11.3 Å². The number of amides is 1. The highest BCUT2D eigenvalue weighted by molar-refractivity contribution is 8.00. The van der Waals surface area contributed by atoms with Gasteiger partial charge in [0.25, 0.3) is 0 Å². The van der Waals surface area contributed by atoms with Gasteiger partial charge in [0.2, 0.25) is 5.91 Å². The fourth-order valence-electron chi connectivity index (χ4n) is 3.01. The smallest absolute Gasteiger partial charge is 0.230 e. The zero-order valence-corrected chi connectivity index (χ0v) is 20.6. The molecule has 1 aromatic carbocycles. The minimum atomic E-state index is -0.0279. The molecule has 5 heteroatoms. The van der Waals surface area contributed by atoms with Crippen LogP contribution in [0, 0.1) is 29.1 Å². The summed E-state index contributed by atoms with van der Waals surface area (Å²) in [5.74, 6) is 12.6. The fourth-order valence-corrected chi connectivity index (χ4v) is 3.88. The van der Waals surface area contributed by atoms with Gasteiger partial charge >= 0.3 is 0 Å². The van der Waals surface area contributed by atoms with Crippen molar-refractivity contribution in [1.29, 1.82) is 0 Å². The first-order chi connectivity index (χ1) is 15.4. The lowest BCUT2D eigenvalue weighted by Crippen LogP contribution is -2.36. The normalized spacial score (nSPS) is 10.9. The van der Waals surface area contributed by atoms with Gasteiger partial charge < -0.3 is 5.32 Å². The molecule has 0 aliphatic rings. The van der Waals surface area contributed by atoms with E-state index in [4.69, 9.17) is 0 Å². The fraction of sp³-hybridized carbons (Fsp3) is 0.481. The highest BCUT2D eigenvalue weighted by Crippen LogP contribution is 2.25. The highest BCUT2D eigenvalue weighted by Gasteiger charge is 2.08. The highest BCUT2D eigenvalue weighted by atomic mass is 32.2. The van der Waals surface area contributed by atoms with E-state index in [2.05, 4.69) is 66.6 Å². The van der Waals surface area contributed by atoms with Gasteiger partial charge in [-0.15, -0.1) is 11.8 Å². The van der Waals surface area contributed by atoms with E-state index < -0.39 is 0 Å². The molecule has 0 bridgehead atoms. The molecule has 1 heterocycles. The van der Waals surface area contributed by atoms with Crippen LogP contribution in [0.5, 0.6) is 0 Å². The lowest BCUT2D eigenvalue weighted by molar-refractivity contribution is -0.118. The number of benzene rings is 1. The van der Waals surface area contributed by atoms with Crippen LogP contribution in [0.4, 0.5) is 0 Å². The predicted molar refractivity (Wildman–Crippen MR) is 136 cm³/mol. The number of thioether (sulfide) groups is 1. The number of carbonyl (C=O) groups is 1. The monoisotopic (exact) mass is 449 g/mol. The maximum Gasteiger partial charge on any atom is 0.230 e. The number of rotatable bonds is 11. The number of nitrogens with one attached hydrogen (secondary N) is 1. The van der Waals surface area contributed by atoms with Crippen molar-refractivity contribution in [2.75, 3.05) is 31.9 Å². The van der Waals surface area contributed by atoms with E-state index in [1.165, 1.54) is 24.6 Å². The summed E-state index contributed by atoms with van der Waals surface area (Å²) in [6.07, 6.45) is 5.32. The van der Waals surface area contributed by atoms with E-state index in [1.807, 2.05) is 30.3 Å². The van der Waals surface area contributed by atoms with Crippen molar-refractivity contribution in [2.45, 2.75) is 51.9 Å². The third kappa shape index (κ3) is 10.2. The number of hydrogen-bond acceptors (Lipinski definition) is 4. The molecular formula is C27H35N3OS. The number of unbranched alkanes of at least 4 members (excludes halogenated alkanes) is 2. The Morgan fingerprint density at radius 1 is 1.12 bits per heavy atom. The Morgan fingerprint density at radius 3 is 2.72 bits per heavy atom. The Hall–Kier alpha value is -2.47. The Morgan fingerprint density at radius 2 is 1.94 bits per heavy atom. The molecule has 32 heavy (non-hydrogen) atoms. The maximum atomic E-state index is 12.4. The van der Waals surface area contributed by atoms with Gasteiger partial charge in [0, 0.05) is 35.0 Å². The first-order valence-electron chi connectivity index (χ1n) is 11.3. The summed E-state index contributed by atoms with van der Waals surface area (Å²) in [4.78, 5) is 20.2. The van der Waals surface area contributed by atoms with Gasteiger partial charge in [-0.25, -0.2) is 0 Å². The van der Waals surface area contributed by atoms with Gasteiger partial charge in [-0.05, 0) is 57.7 Å². The summed E-state index contributed by atoms with van der Waals surface area (Å²) in [5, 5.41) is 4.14. The van der Waals surface area contributed by atoms with Crippen molar-refractivity contribution >= 4 is 28.6 Å². The van der Waals surface area contributed by atoms with Crippen molar-refractivity contribution in [1.82, 2.24) is 15.2 Å². The van der Waals surface area contributed by atoms with Crippen molar-refractivity contribution in [3.05, 3.63) is 36.5 Å². The zero-order chi connectivity index (χ0) is 23.2. The van der Waals surface area contributed by atoms with Crippen LogP contribution in [0.15, 0.2) is 41.4 Å². The number of aromatic nitrogens is 1. The maximum absolute atomic E-state index is 12.4. The molecule has 0 unspecified atom stereocenters. The largest absolute Gasteiger partial charge is 0.354 e. The molecule has 0 aliphatic heterocycles. The van der Waals surface area contributed by atoms with Crippen LogP contribution in [0.2, 0.25) is 0 Å². The average Bonchev–Trinajstić information content (AvgIpc) is 2.76. The van der Waals surface area contributed by atoms with E-state index in [0.29, 0.717) is 18.8 Å². The molecule has 0 radical (unpaired) electrons. The second-order valence-electron chi connectivity index (χ2n) is 8.75. The minimum Gasteiger partial charge on any atom is -0.354 e. The summed E-state index contributed by atoms with van der Waals surface area (Å²) >= 11 is 1.53. The Kier molecular flexibility index (Phi) is 11.2. The number of pyridine rings is 1. The zero-order valence-electron chi connectivity index (χ0n) is 19.8. The molecule has 0 spiro atoms. The van der Waals surface area contributed by atoms with Gasteiger partial charge in [0.1, 0.15) is 0 Å². The number of carbonyl (C=O) groups excluding carboxylic acids is 1. The standard InChI is InChI=1S/C27H35N3OS/c1-5-6-9-19-30(20-10-7-8-16-27(2,3)4)21-18-28-25(31)22-32-24-15-11-13-23-14-12-17-29-26(23)24/h11-15,17H,5-6,9,18-22H2,1-4H3,(H,28,31). The van der Waals surface area contributed by atoms with E-state index in [0.717, 1.165) is 35.3 Å². The first kappa shape index (κ1) is 25.8. The Balaban J connectivity index is 1.80. The number of para-hydroxylation sites is 1. The Labute approximate surface area is 197 Å². The molecule has 1 aromatic heterocycles. The van der Waals surface area contributed by atoms with Gasteiger partial charge in [-0.3, -0.25) is 14.7 Å².